The van der Waals surface area contributed by atoms with Crippen LogP contribution in [0, 0.1) is 10.1 Å². The quantitative estimate of drug-likeness (QED) is 0.583. The molecule has 0 aliphatic rings. The van der Waals surface area contributed by atoms with Crippen LogP contribution in [0.2, 0.25) is 0 Å². The van der Waals surface area contributed by atoms with E-state index in [2.05, 4.69) is 4.98 Å². The molecule has 9 heteroatoms. The fourth-order valence-corrected chi connectivity index (χ4v) is 1.07. The van der Waals surface area contributed by atoms with Gasteiger partial charge in [0.25, 0.3) is 12.3 Å². The lowest BCUT2D eigenvalue weighted by atomic mass is 10.1. The number of primary amides is 1. The third kappa shape index (κ3) is 2.02. The lowest BCUT2D eigenvalue weighted by Crippen LogP contribution is -2.16. The predicted molar refractivity (Wildman–Crippen MR) is 48.8 cm³/mol. The van der Waals surface area contributed by atoms with Gasteiger partial charge in [-0.15, -0.1) is 0 Å². The number of aromatic nitrogens is 1. The van der Waals surface area contributed by atoms with E-state index in [0.29, 0.717) is 6.07 Å². The minimum atomic E-state index is -3.00. The Kier molecular flexibility index (Phi) is 2.97. The molecule has 0 unspecified atom stereocenters. The van der Waals surface area contributed by atoms with E-state index in [4.69, 9.17) is 11.5 Å². The van der Waals surface area contributed by atoms with Gasteiger partial charge in [0.1, 0.15) is 11.3 Å². The molecule has 1 heterocycles. The molecule has 0 atom stereocenters. The summed E-state index contributed by atoms with van der Waals surface area (Å²) < 4.78 is 24.6. The molecule has 0 saturated heterocycles. The summed E-state index contributed by atoms with van der Waals surface area (Å²) in [6.45, 7) is 0. The average molecular weight is 232 g/mol. The largest absolute Gasteiger partial charge is 0.378 e. The first kappa shape index (κ1) is 11.8. The molecule has 1 aromatic heterocycles. The Bertz CT molecular complexity index is 463. The Balaban J connectivity index is 3.52. The number of nitrogen functional groups attached to an aromatic ring is 1. The van der Waals surface area contributed by atoms with E-state index >= 15 is 0 Å². The van der Waals surface area contributed by atoms with Crippen molar-refractivity contribution in [2.75, 3.05) is 5.73 Å². The summed E-state index contributed by atoms with van der Waals surface area (Å²) in [4.78, 5) is 23.5. The van der Waals surface area contributed by atoms with E-state index in [1.165, 1.54) is 0 Å². The van der Waals surface area contributed by atoms with Crippen molar-refractivity contribution in [2.24, 2.45) is 5.73 Å². The lowest BCUT2D eigenvalue weighted by Gasteiger charge is -2.04. The van der Waals surface area contributed by atoms with Crippen LogP contribution in [0.5, 0.6) is 0 Å². The van der Waals surface area contributed by atoms with Crippen molar-refractivity contribution in [3.63, 3.8) is 0 Å². The third-order valence-corrected chi connectivity index (χ3v) is 1.71. The molecule has 1 aromatic rings. The zero-order valence-corrected chi connectivity index (χ0v) is 7.68. The molecule has 16 heavy (non-hydrogen) atoms. The van der Waals surface area contributed by atoms with Gasteiger partial charge in [-0.3, -0.25) is 14.9 Å². The molecule has 4 N–H and O–H groups in total. The van der Waals surface area contributed by atoms with Crippen molar-refractivity contribution in [1.82, 2.24) is 4.98 Å². The van der Waals surface area contributed by atoms with Crippen molar-refractivity contribution in [2.45, 2.75) is 6.43 Å². The fourth-order valence-electron chi connectivity index (χ4n) is 1.07. The number of pyridine rings is 1. The Morgan fingerprint density at radius 3 is 2.50 bits per heavy atom. The van der Waals surface area contributed by atoms with Gasteiger partial charge in [0.15, 0.2) is 0 Å². The molecule has 7 nitrogen and oxygen atoms in total. The highest BCUT2D eigenvalue weighted by Gasteiger charge is 2.26. The lowest BCUT2D eigenvalue weighted by molar-refractivity contribution is -0.384. The van der Waals surface area contributed by atoms with Crippen LogP contribution < -0.4 is 11.5 Å². The number of halogens is 2. The van der Waals surface area contributed by atoms with E-state index < -0.39 is 40.0 Å². The second-order valence-corrected chi connectivity index (χ2v) is 2.75. The first-order chi connectivity index (χ1) is 7.34. The van der Waals surface area contributed by atoms with E-state index in [0.717, 1.165) is 0 Å². The van der Waals surface area contributed by atoms with E-state index in [9.17, 15) is 23.7 Å². The fraction of sp³-hybridized carbons (Fsp3) is 0.143. The zero-order chi connectivity index (χ0) is 12.5. The maximum atomic E-state index is 12.3. The molecule has 0 spiro atoms. The van der Waals surface area contributed by atoms with Gasteiger partial charge in [0, 0.05) is 0 Å². The number of hydrogen-bond donors (Lipinski definition) is 2. The number of amides is 1. The molecule has 0 bridgehead atoms. The van der Waals surface area contributed by atoms with Gasteiger partial charge in [0.05, 0.1) is 4.92 Å². The van der Waals surface area contributed by atoms with Gasteiger partial charge in [-0.2, -0.15) is 0 Å². The molecule has 0 aliphatic carbocycles. The molecule has 1 amide bonds. The van der Waals surface area contributed by atoms with E-state index in [1.54, 1.807) is 0 Å². The maximum absolute atomic E-state index is 12.3. The summed E-state index contributed by atoms with van der Waals surface area (Å²) in [6.07, 6.45) is -3.00. The molecular weight excluding hydrogens is 226 g/mol. The van der Waals surface area contributed by atoms with Crippen molar-refractivity contribution in [3.05, 3.63) is 27.4 Å². The summed E-state index contributed by atoms with van der Waals surface area (Å²) in [6, 6.07) is 0.557. The number of nitrogens with zero attached hydrogens (tertiary/aromatic N) is 2. The standard InChI is InChI=1S/C7H6F2N4O3/c8-5(9)3-1-2(7(11)14)4(13(15)16)6(10)12-3/h1,5H,(H2,10,12)(H2,11,14). The predicted octanol–water partition coefficient (Wildman–Crippen LogP) is 0.608. The van der Waals surface area contributed by atoms with Crippen molar-refractivity contribution < 1.29 is 18.5 Å². The minimum absolute atomic E-state index is 0.557. The molecule has 0 fully saturated rings. The van der Waals surface area contributed by atoms with Gasteiger partial charge in [-0.05, 0) is 6.07 Å². The Labute approximate surface area is 87.2 Å². The van der Waals surface area contributed by atoms with Crippen LogP contribution >= 0.6 is 0 Å². The number of nitro groups is 1. The van der Waals surface area contributed by atoms with Gasteiger partial charge < -0.3 is 11.5 Å². The molecule has 1 rings (SSSR count). The van der Waals surface area contributed by atoms with Crippen LogP contribution in [0.25, 0.3) is 0 Å². The van der Waals surface area contributed by atoms with Gasteiger partial charge in [0.2, 0.25) is 5.82 Å². The first-order valence-electron chi connectivity index (χ1n) is 3.87. The number of rotatable bonds is 3. The smallest absolute Gasteiger partial charge is 0.323 e. The number of nitrogens with two attached hydrogens (primary N) is 2. The monoisotopic (exact) mass is 232 g/mol. The molecule has 0 radical (unpaired) electrons. The third-order valence-electron chi connectivity index (χ3n) is 1.71. The summed E-state index contributed by atoms with van der Waals surface area (Å²) >= 11 is 0. The summed E-state index contributed by atoms with van der Waals surface area (Å²) in [5, 5.41) is 10.5. The van der Waals surface area contributed by atoms with Gasteiger partial charge in [-0.25, -0.2) is 13.8 Å². The first-order valence-corrected chi connectivity index (χ1v) is 3.87. The highest BCUT2D eigenvalue weighted by Crippen LogP contribution is 2.28. The van der Waals surface area contributed by atoms with Crippen LogP contribution in [0.3, 0.4) is 0 Å². The summed E-state index contributed by atoms with van der Waals surface area (Å²) in [5.74, 6) is -1.99. The highest BCUT2D eigenvalue weighted by molar-refractivity contribution is 5.98. The summed E-state index contributed by atoms with van der Waals surface area (Å²) in [7, 11) is 0. The number of carbonyl (C=O) groups is 1. The molecule has 0 aliphatic heterocycles. The SMILES string of the molecule is NC(=O)c1cc(C(F)F)nc(N)c1[N+](=O)[O-]. The summed E-state index contributed by atoms with van der Waals surface area (Å²) in [5.41, 5.74) is 7.54. The van der Waals surface area contributed by atoms with Crippen molar-refractivity contribution in [1.29, 1.82) is 0 Å². The van der Waals surface area contributed by atoms with E-state index in [-0.39, 0.29) is 0 Å². The second-order valence-electron chi connectivity index (χ2n) is 2.75. The average Bonchev–Trinajstić information content (AvgIpc) is 2.15. The number of alkyl halides is 2. The number of anilines is 1. The van der Waals surface area contributed by atoms with Gasteiger partial charge >= 0.3 is 5.69 Å². The Morgan fingerprint density at radius 2 is 2.12 bits per heavy atom. The van der Waals surface area contributed by atoms with Gasteiger partial charge in [-0.1, -0.05) is 0 Å². The topological polar surface area (TPSA) is 125 Å². The number of hydrogen-bond acceptors (Lipinski definition) is 5. The zero-order valence-electron chi connectivity index (χ0n) is 7.68. The van der Waals surface area contributed by atoms with E-state index in [1.807, 2.05) is 0 Å². The molecule has 86 valence electrons. The van der Waals surface area contributed by atoms with Crippen LogP contribution in [-0.4, -0.2) is 15.8 Å². The van der Waals surface area contributed by atoms with Crippen LogP contribution in [0.1, 0.15) is 22.5 Å². The maximum Gasteiger partial charge on any atom is 0.323 e. The van der Waals surface area contributed by atoms with Crippen LogP contribution in [0.15, 0.2) is 6.07 Å². The molecular formula is C7H6F2N4O3. The Hall–Kier alpha value is -2.32. The molecule has 0 saturated carbocycles. The van der Waals surface area contributed by atoms with Crippen molar-refractivity contribution >= 4 is 17.4 Å². The molecule has 0 aromatic carbocycles. The Morgan fingerprint density at radius 1 is 1.56 bits per heavy atom. The second kappa shape index (κ2) is 4.04. The number of carbonyl (C=O) groups excluding carboxylic acids is 1. The highest BCUT2D eigenvalue weighted by atomic mass is 19.3. The normalized spacial score (nSPS) is 10.4. The van der Waals surface area contributed by atoms with Crippen LogP contribution in [0.4, 0.5) is 20.3 Å². The van der Waals surface area contributed by atoms with Crippen LogP contribution in [-0.2, 0) is 0 Å². The van der Waals surface area contributed by atoms with Crippen molar-refractivity contribution in [3.8, 4) is 0 Å². The minimum Gasteiger partial charge on any atom is -0.378 e.